The molecule has 0 radical (unpaired) electrons. The summed E-state index contributed by atoms with van der Waals surface area (Å²) in [5.74, 6) is 0.957. The summed E-state index contributed by atoms with van der Waals surface area (Å²) in [4.78, 5) is 6.89. The average molecular weight is 266 g/mol. The first-order chi connectivity index (χ1) is 8.52. The van der Waals surface area contributed by atoms with E-state index in [1.54, 1.807) is 0 Å². The molecule has 0 atom stereocenters. The number of likely N-dealkylation sites (tertiary alicyclic amines) is 1. The lowest BCUT2D eigenvalue weighted by atomic mass is 10.1. The van der Waals surface area contributed by atoms with E-state index in [-0.39, 0.29) is 0 Å². The molecule has 1 N–H and O–H groups in total. The Labute approximate surface area is 114 Å². The summed E-state index contributed by atoms with van der Waals surface area (Å²) in [6.07, 6.45) is 3.34. The van der Waals surface area contributed by atoms with Crippen LogP contribution in [0.2, 0.25) is 0 Å². The molecular weight excluding hydrogens is 246 g/mol. The summed E-state index contributed by atoms with van der Waals surface area (Å²) in [7, 11) is 2.13. The number of aliphatic imine (C=N–C) groups is 1. The fourth-order valence-corrected chi connectivity index (χ4v) is 2.46. The monoisotopic (exact) mass is 265 g/mol. The normalized spacial score (nSPS) is 27.8. The van der Waals surface area contributed by atoms with E-state index in [1.807, 2.05) is 13.8 Å². The smallest absolute Gasteiger partial charge is 0.135 e. The van der Waals surface area contributed by atoms with Crippen LogP contribution in [0, 0.1) is 0 Å². The van der Waals surface area contributed by atoms with Crippen molar-refractivity contribution in [2.45, 2.75) is 27.2 Å². The zero-order chi connectivity index (χ0) is 13.3. The quantitative estimate of drug-likeness (QED) is 0.789. The van der Waals surface area contributed by atoms with E-state index in [0.29, 0.717) is 0 Å². The van der Waals surface area contributed by atoms with Crippen molar-refractivity contribution >= 4 is 17.3 Å². The Balaban J connectivity index is 2.41. The van der Waals surface area contributed by atoms with E-state index in [0.717, 1.165) is 41.8 Å². The molecule has 0 spiro atoms. The number of likely N-dealkylation sites (N-methyl/N-ethyl adjacent to an activating group) is 1. The van der Waals surface area contributed by atoms with Gasteiger partial charge in [0.25, 0.3) is 0 Å². The Morgan fingerprint density at radius 1 is 1.39 bits per heavy atom. The van der Waals surface area contributed by atoms with Gasteiger partial charge in [0.05, 0.1) is 10.7 Å². The van der Waals surface area contributed by atoms with E-state index in [1.165, 1.54) is 11.1 Å². The maximum Gasteiger partial charge on any atom is 0.135 e. The van der Waals surface area contributed by atoms with Crippen molar-refractivity contribution in [2.75, 3.05) is 20.1 Å². The van der Waals surface area contributed by atoms with E-state index < -0.39 is 0 Å². The number of allylic oxidation sites excluding steroid dienone is 3. The van der Waals surface area contributed by atoms with Crippen LogP contribution in [0.15, 0.2) is 38.8 Å². The van der Waals surface area contributed by atoms with E-state index in [9.17, 15) is 0 Å². The van der Waals surface area contributed by atoms with Gasteiger partial charge in [-0.15, -0.1) is 0 Å². The molecule has 0 aliphatic carbocycles. The van der Waals surface area contributed by atoms with Gasteiger partial charge < -0.3 is 5.32 Å². The first-order valence-electron chi connectivity index (χ1n) is 6.33. The Kier molecular flexibility index (Phi) is 3.93. The molecule has 0 saturated carbocycles. The molecule has 2 rings (SSSR count). The lowest BCUT2D eigenvalue weighted by Crippen LogP contribution is -2.21. The fraction of sp³-hybridized carbons (Fsp3) is 0.500. The van der Waals surface area contributed by atoms with E-state index in [4.69, 9.17) is 11.6 Å². The molecule has 0 aromatic carbocycles. The van der Waals surface area contributed by atoms with Crippen molar-refractivity contribution in [2.24, 2.45) is 4.99 Å². The minimum Gasteiger partial charge on any atom is -0.342 e. The van der Waals surface area contributed by atoms with E-state index >= 15 is 0 Å². The van der Waals surface area contributed by atoms with Crippen molar-refractivity contribution in [3.05, 3.63) is 33.8 Å². The molecule has 18 heavy (non-hydrogen) atoms. The van der Waals surface area contributed by atoms with Crippen LogP contribution in [0.3, 0.4) is 0 Å². The fourth-order valence-electron chi connectivity index (χ4n) is 2.37. The van der Waals surface area contributed by atoms with Crippen molar-refractivity contribution in [3.63, 3.8) is 0 Å². The van der Waals surface area contributed by atoms with Gasteiger partial charge in [-0.05, 0) is 32.9 Å². The highest BCUT2D eigenvalue weighted by atomic mass is 35.5. The highest BCUT2D eigenvalue weighted by Gasteiger charge is 2.24. The maximum atomic E-state index is 6.15. The third kappa shape index (κ3) is 2.52. The van der Waals surface area contributed by atoms with Gasteiger partial charge in [0, 0.05) is 24.4 Å². The standard InChI is InChI=1S/C14H20ClN3/c1-5-6-11-7-18(4)8-12(11)14-16-9(2)13(15)10(3)17-14/h6,16H,5,7-8H2,1-4H3/b11-6-,14-12+. The summed E-state index contributed by atoms with van der Waals surface area (Å²) < 4.78 is 0. The first-order valence-corrected chi connectivity index (χ1v) is 6.70. The van der Waals surface area contributed by atoms with Crippen molar-refractivity contribution in [1.29, 1.82) is 0 Å². The molecular formula is C14H20ClN3. The highest BCUT2D eigenvalue weighted by molar-refractivity contribution is 6.43. The van der Waals surface area contributed by atoms with Crippen molar-refractivity contribution in [3.8, 4) is 0 Å². The lowest BCUT2D eigenvalue weighted by Gasteiger charge is -2.18. The van der Waals surface area contributed by atoms with E-state index in [2.05, 4.69) is 35.3 Å². The summed E-state index contributed by atoms with van der Waals surface area (Å²) in [5, 5.41) is 4.05. The molecule has 2 aliphatic rings. The van der Waals surface area contributed by atoms with Gasteiger partial charge in [0.1, 0.15) is 5.82 Å². The molecule has 0 aromatic heterocycles. The number of hydrogen-bond donors (Lipinski definition) is 1. The second-order valence-electron chi connectivity index (χ2n) is 4.90. The predicted octanol–water partition coefficient (Wildman–Crippen LogP) is 3.01. The van der Waals surface area contributed by atoms with Crippen LogP contribution in [0.4, 0.5) is 0 Å². The Bertz CT molecular complexity index is 483. The van der Waals surface area contributed by atoms with Gasteiger partial charge >= 0.3 is 0 Å². The SMILES string of the molecule is CC/C=C1/CN(C)C/C1=C1\N=C(C)C(Cl)=C(C)N1. The number of halogens is 1. The average Bonchev–Trinajstić information content (AvgIpc) is 2.67. The topological polar surface area (TPSA) is 27.6 Å². The van der Waals surface area contributed by atoms with Gasteiger partial charge in [-0.1, -0.05) is 24.6 Å². The zero-order valence-corrected chi connectivity index (χ0v) is 12.2. The van der Waals surface area contributed by atoms with Gasteiger partial charge in [0.2, 0.25) is 0 Å². The number of nitrogens with one attached hydrogen (secondary N) is 1. The molecule has 3 nitrogen and oxygen atoms in total. The van der Waals surface area contributed by atoms with Crippen LogP contribution in [-0.2, 0) is 0 Å². The Morgan fingerprint density at radius 2 is 2.11 bits per heavy atom. The number of hydrogen-bond acceptors (Lipinski definition) is 3. The van der Waals surface area contributed by atoms with Crippen LogP contribution in [0.5, 0.6) is 0 Å². The summed E-state index contributed by atoms with van der Waals surface area (Å²) in [5.41, 5.74) is 4.55. The summed E-state index contributed by atoms with van der Waals surface area (Å²) in [6.45, 7) is 8.05. The van der Waals surface area contributed by atoms with Gasteiger partial charge in [0.15, 0.2) is 0 Å². The molecule has 4 heteroatoms. The molecule has 0 amide bonds. The second-order valence-corrected chi connectivity index (χ2v) is 5.28. The molecule has 1 saturated heterocycles. The second kappa shape index (κ2) is 5.29. The first kappa shape index (κ1) is 13.4. The predicted molar refractivity (Wildman–Crippen MR) is 77.7 cm³/mol. The lowest BCUT2D eigenvalue weighted by molar-refractivity contribution is 0.436. The molecule has 98 valence electrons. The van der Waals surface area contributed by atoms with Crippen LogP contribution in [0.25, 0.3) is 0 Å². The van der Waals surface area contributed by atoms with Gasteiger partial charge in [-0.2, -0.15) is 0 Å². The van der Waals surface area contributed by atoms with Crippen LogP contribution in [0.1, 0.15) is 27.2 Å². The zero-order valence-electron chi connectivity index (χ0n) is 11.5. The van der Waals surface area contributed by atoms with Crippen LogP contribution in [-0.4, -0.2) is 30.7 Å². The largest absolute Gasteiger partial charge is 0.342 e. The minimum atomic E-state index is 0.728. The number of rotatable bonds is 1. The third-order valence-corrected chi connectivity index (χ3v) is 3.78. The summed E-state index contributed by atoms with van der Waals surface area (Å²) in [6, 6.07) is 0. The molecule has 0 unspecified atom stereocenters. The third-order valence-electron chi connectivity index (χ3n) is 3.22. The summed E-state index contributed by atoms with van der Waals surface area (Å²) >= 11 is 6.15. The molecule has 1 fully saturated rings. The minimum absolute atomic E-state index is 0.728. The van der Waals surface area contributed by atoms with Gasteiger partial charge in [-0.25, -0.2) is 4.99 Å². The molecule has 0 aromatic rings. The molecule has 2 heterocycles. The van der Waals surface area contributed by atoms with Crippen molar-refractivity contribution in [1.82, 2.24) is 10.2 Å². The Morgan fingerprint density at radius 3 is 2.72 bits per heavy atom. The van der Waals surface area contributed by atoms with Crippen LogP contribution >= 0.6 is 11.6 Å². The Hall–Kier alpha value is -1.06. The number of nitrogens with zero attached hydrogens (tertiary/aromatic N) is 2. The molecule has 2 aliphatic heterocycles. The van der Waals surface area contributed by atoms with Crippen molar-refractivity contribution < 1.29 is 0 Å². The van der Waals surface area contributed by atoms with Crippen LogP contribution < -0.4 is 5.32 Å². The highest BCUT2D eigenvalue weighted by Crippen LogP contribution is 2.27. The van der Waals surface area contributed by atoms with Gasteiger partial charge in [-0.3, -0.25) is 4.90 Å². The maximum absolute atomic E-state index is 6.15. The molecule has 0 bridgehead atoms.